The molecule has 0 spiro atoms. The van der Waals surface area contributed by atoms with Gasteiger partial charge in [0.25, 0.3) is 0 Å². The first-order valence-electron chi connectivity index (χ1n) is 7.63. The number of hydrogen-bond donors (Lipinski definition) is 0. The molecule has 4 nitrogen and oxygen atoms in total. The fourth-order valence-electron chi connectivity index (χ4n) is 2.08. The Bertz CT molecular complexity index is 230. The lowest BCUT2D eigenvalue weighted by Gasteiger charge is -2.27. The maximum Gasteiger partial charge on any atom is 0.101 e. The number of carboxylic acid groups (broad SMARTS) is 1. The van der Waals surface area contributed by atoms with Crippen molar-refractivity contribution in [2.45, 2.75) is 84.8 Å². The molecule has 0 saturated carbocycles. The number of rotatable bonds is 12. The maximum absolute atomic E-state index is 11.1. The van der Waals surface area contributed by atoms with Crippen LogP contribution in [0.5, 0.6) is 0 Å². The van der Waals surface area contributed by atoms with Crippen LogP contribution < -0.4 is 5.11 Å². The fraction of sp³-hybridized carbons (Fsp3) is 0.933. The molecular weight excluding hydrogens is 244 g/mol. The highest BCUT2D eigenvalue weighted by Crippen LogP contribution is 2.19. The van der Waals surface area contributed by atoms with Gasteiger partial charge in [-0.25, -0.2) is 9.78 Å². The summed E-state index contributed by atoms with van der Waals surface area (Å²) in [6.45, 7) is 8.03. The van der Waals surface area contributed by atoms with E-state index in [1.54, 1.807) is 0 Å². The molecule has 0 aliphatic carbocycles. The van der Waals surface area contributed by atoms with Crippen LogP contribution in [0.3, 0.4) is 0 Å². The molecule has 0 bridgehead atoms. The smallest absolute Gasteiger partial charge is 0.101 e. The molecule has 0 saturated heterocycles. The van der Waals surface area contributed by atoms with Gasteiger partial charge in [-0.3, -0.25) is 0 Å². The molecule has 0 aliphatic rings. The average molecular weight is 273 g/mol. The Morgan fingerprint density at radius 3 is 2.11 bits per heavy atom. The van der Waals surface area contributed by atoms with E-state index in [1.165, 1.54) is 0 Å². The summed E-state index contributed by atoms with van der Waals surface area (Å²) < 4.78 is 0. The SMILES string of the molecule is CCCCC(CC)OOC(CCC)C(CC)C(=O)[O-]. The van der Waals surface area contributed by atoms with Crippen LogP contribution in [0.25, 0.3) is 0 Å². The summed E-state index contributed by atoms with van der Waals surface area (Å²) in [4.78, 5) is 22.0. The largest absolute Gasteiger partial charge is 0.550 e. The van der Waals surface area contributed by atoms with Crippen LogP contribution in [0, 0.1) is 5.92 Å². The second-order valence-electron chi connectivity index (χ2n) is 5.03. The van der Waals surface area contributed by atoms with Gasteiger partial charge >= 0.3 is 0 Å². The molecule has 0 aromatic carbocycles. The summed E-state index contributed by atoms with van der Waals surface area (Å²) in [6.07, 6.45) is 5.73. The Morgan fingerprint density at radius 2 is 1.68 bits per heavy atom. The molecule has 0 radical (unpaired) electrons. The van der Waals surface area contributed by atoms with Gasteiger partial charge in [-0.05, 0) is 25.7 Å². The van der Waals surface area contributed by atoms with Gasteiger partial charge in [0, 0.05) is 11.9 Å². The van der Waals surface area contributed by atoms with Gasteiger partial charge in [0.05, 0.1) is 6.10 Å². The van der Waals surface area contributed by atoms with Crippen molar-refractivity contribution in [2.75, 3.05) is 0 Å². The van der Waals surface area contributed by atoms with Crippen LogP contribution in [0.2, 0.25) is 0 Å². The van der Waals surface area contributed by atoms with Crippen molar-refractivity contribution in [3.8, 4) is 0 Å². The van der Waals surface area contributed by atoms with Crippen LogP contribution in [-0.4, -0.2) is 18.2 Å². The summed E-state index contributed by atoms with van der Waals surface area (Å²) in [7, 11) is 0. The topological polar surface area (TPSA) is 58.6 Å². The third kappa shape index (κ3) is 7.53. The highest BCUT2D eigenvalue weighted by Gasteiger charge is 2.23. The quantitative estimate of drug-likeness (QED) is 0.405. The van der Waals surface area contributed by atoms with Crippen molar-refractivity contribution in [3.05, 3.63) is 0 Å². The van der Waals surface area contributed by atoms with Crippen molar-refractivity contribution >= 4 is 5.97 Å². The van der Waals surface area contributed by atoms with E-state index < -0.39 is 18.0 Å². The molecule has 0 amide bonds. The lowest BCUT2D eigenvalue weighted by Crippen LogP contribution is -2.40. The summed E-state index contributed by atoms with van der Waals surface area (Å²) in [6, 6.07) is 0. The van der Waals surface area contributed by atoms with Crippen molar-refractivity contribution in [2.24, 2.45) is 5.92 Å². The first-order chi connectivity index (χ1) is 9.10. The molecule has 3 unspecified atom stereocenters. The van der Waals surface area contributed by atoms with Gasteiger partial charge in [-0.1, -0.05) is 47.0 Å². The minimum absolute atomic E-state index is 0.0542. The Hall–Kier alpha value is -0.610. The lowest BCUT2D eigenvalue weighted by atomic mass is 9.96. The van der Waals surface area contributed by atoms with Crippen LogP contribution in [0.15, 0.2) is 0 Å². The Labute approximate surface area is 117 Å². The van der Waals surface area contributed by atoms with Crippen LogP contribution in [0.4, 0.5) is 0 Å². The fourth-order valence-corrected chi connectivity index (χ4v) is 2.08. The highest BCUT2D eigenvalue weighted by molar-refractivity contribution is 5.68. The molecule has 19 heavy (non-hydrogen) atoms. The monoisotopic (exact) mass is 273 g/mol. The molecule has 4 heteroatoms. The first kappa shape index (κ1) is 18.4. The minimum atomic E-state index is -1.05. The predicted octanol–water partition coefficient (Wildman–Crippen LogP) is 2.85. The maximum atomic E-state index is 11.1. The zero-order chi connectivity index (χ0) is 14.7. The predicted molar refractivity (Wildman–Crippen MR) is 73.3 cm³/mol. The molecule has 0 heterocycles. The van der Waals surface area contributed by atoms with Crippen LogP contribution >= 0.6 is 0 Å². The molecule has 114 valence electrons. The molecule has 0 aromatic heterocycles. The third-order valence-electron chi connectivity index (χ3n) is 3.41. The van der Waals surface area contributed by atoms with Gasteiger partial charge in [0.15, 0.2) is 0 Å². The highest BCUT2D eigenvalue weighted by atomic mass is 17.2. The Kier molecular flexibility index (Phi) is 10.9. The van der Waals surface area contributed by atoms with Crippen molar-refractivity contribution < 1.29 is 19.7 Å². The molecule has 0 aliphatic heterocycles. The number of carbonyl (C=O) groups excluding carboxylic acids is 1. The van der Waals surface area contributed by atoms with E-state index >= 15 is 0 Å². The molecule has 0 rings (SSSR count). The summed E-state index contributed by atoms with van der Waals surface area (Å²) in [5.41, 5.74) is 0. The molecule has 0 fully saturated rings. The minimum Gasteiger partial charge on any atom is -0.550 e. The number of unbranched alkanes of at least 4 members (excludes halogenated alkanes) is 1. The molecule has 0 N–H and O–H groups in total. The second-order valence-corrected chi connectivity index (χ2v) is 5.03. The first-order valence-corrected chi connectivity index (χ1v) is 7.63. The zero-order valence-electron chi connectivity index (χ0n) is 12.8. The molecular formula is C15H29O4-. The number of carbonyl (C=O) groups is 1. The molecule has 0 aromatic rings. The number of hydrogen-bond acceptors (Lipinski definition) is 4. The second kappa shape index (κ2) is 11.2. The standard InChI is InChI=1S/C15H30O4/c1-5-9-11-12(7-3)18-19-14(10-6-2)13(8-4)15(16)17/h12-14H,5-11H2,1-4H3,(H,16,17)/p-1. The van der Waals surface area contributed by atoms with Crippen LogP contribution in [0.1, 0.15) is 72.6 Å². The normalized spacial score (nSPS) is 16.0. The van der Waals surface area contributed by atoms with E-state index in [9.17, 15) is 9.90 Å². The van der Waals surface area contributed by atoms with Crippen molar-refractivity contribution in [1.82, 2.24) is 0 Å². The van der Waals surface area contributed by atoms with Gasteiger partial charge in [0.1, 0.15) is 6.10 Å². The van der Waals surface area contributed by atoms with Gasteiger partial charge in [-0.15, -0.1) is 0 Å². The number of aliphatic carboxylic acids is 1. The van der Waals surface area contributed by atoms with Gasteiger partial charge < -0.3 is 9.90 Å². The van der Waals surface area contributed by atoms with Gasteiger partial charge in [-0.2, -0.15) is 0 Å². The van der Waals surface area contributed by atoms with E-state index in [2.05, 4.69) is 13.8 Å². The zero-order valence-corrected chi connectivity index (χ0v) is 12.8. The van der Waals surface area contributed by atoms with E-state index in [-0.39, 0.29) is 6.10 Å². The van der Waals surface area contributed by atoms with Crippen LogP contribution in [-0.2, 0) is 14.6 Å². The van der Waals surface area contributed by atoms with E-state index in [0.29, 0.717) is 12.8 Å². The lowest BCUT2D eigenvalue weighted by molar-refractivity contribution is -0.370. The third-order valence-corrected chi connectivity index (χ3v) is 3.41. The summed E-state index contributed by atoms with van der Waals surface area (Å²) in [5, 5.41) is 11.1. The Balaban J connectivity index is 4.35. The summed E-state index contributed by atoms with van der Waals surface area (Å²) >= 11 is 0. The molecule has 3 atom stereocenters. The van der Waals surface area contributed by atoms with Crippen molar-refractivity contribution in [3.63, 3.8) is 0 Å². The van der Waals surface area contributed by atoms with E-state index in [1.807, 2.05) is 13.8 Å². The summed E-state index contributed by atoms with van der Waals surface area (Å²) in [5.74, 6) is -1.64. The van der Waals surface area contributed by atoms with E-state index in [0.717, 1.165) is 32.1 Å². The number of carboxylic acids is 1. The van der Waals surface area contributed by atoms with Gasteiger partial charge in [0.2, 0.25) is 0 Å². The Morgan fingerprint density at radius 1 is 1.00 bits per heavy atom. The average Bonchev–Trinajstić information content (AvgIpc) is 2.39. The van der Waals surface area contributed by atoms with Crippen molar-refractivity contribution in [1.29, 1.82) is 0 Å². The van der Waals surface area contributed by atoms with E-state index in [4.69, 9.17) is 9.78 Å².